The monoisotopic (exact) mass is 433 g/mol. The second-order valence-electron chi connectivity index (χ2n) is 8.59. The Morgan fingerprint density at radius 1 is 1.03 bits per heavy atom. The number of fused-ring (bicyclic) bond motifs is 2. The lowest BCUT2D eigenvalue weighted by atomic mass is 9.86. The fourth-order valence-electron chi connectivity index (χ4n) is 5.33. The SMILES string of the molecule is C[N+]1(CCF)[C@@H]2CC[C@@H]1CC(OC(=O)C(O)(c1ccccc1)c1ccccc1)C2.[Cl-]. The quantitative estimate of drug-likeness (QED) is 0.535. The predicted molar refractivity (Wildman–Crippen MR) is 109 cm³/mol. The van der Waals surface area contributed by atoms with Crippen molar-refractivity contribution in [2.75, 3.05) is 20.3 Å². The number of aliphatic hydroxyl groups is 1. The number of alkyl halides is 1. The predicted octanol–water partition coefficient (Wildman–Crippen LogP) is 0.579. The molecule has 2 aromatic carbocycles. The van der Waals surface area contributed by atoms with E-state index in [0.29, 0.717) is 29.8 Å². The van der Waals surface area contributed by atoms with Gasteiger partial charge in [0.2, 0.25) is 5.60 Å². The zero-order chi connectivity index (χ0) is 20.5. The highest BCUT2D eigenvalue weighted by molar-refractivity contribution is 5.85. The first-order valence-electron chi connectivity index (χ1n) is 10.4. The molecular formula is C24H29ClFNO3. The number of quaternary nitrogens is 1. The third-order valence-electron chi connectivity index (χ3n) is 7.09. The van der Waals surface area contributed by atoms with Crippen molar-refractivity contribution in [3.05, 3.63) is 71.8 Å². The summed E-state index contributed by atoms with van der Waals surface area (Å²) < 4.78 is 19.8. The van der Waals surface area contributed by atoms with E-state index >= 15 is 0 Å². The van der Waals surface area contributed by atoms with Gasteiger partial charge in [0, 0.05) is 25.7 Å². The molecule has 2 aliphatic heterocycles. The Balaban J connectivity index is 0.00000256. The Morgan fingerprint density at radius 3 is 1.93 bits per heavy atom. The lowest BCUT2D eigenvalue weighted by Gasteiger charge is -2.46. The topological polar surface area (TPSA) is 46.5 Å². The maximum Gasteiger partial charge on any atom is 0.347 e. The van der Waals surface area contributed by atoms with Gasteiger partial charge in [0.05, 0.1) is 19.1 Å². The van der Waals surface area contributed by atoms with Gasteiger partial charge in [0.25, 0.3) is 0 Å². The Hall–Kier alpha value is -1.95. The van der Waals surface area contributed by atoms with Gasteiger partial charge in [-0.05, 0) is 11.1 Å². The molecule has 2 heterocycles. The molecule has 2 bridgehead atoms. The van der Waals surface area contributed by atoms with Crippen LogP contribution in [0.3, 0.4) is 0 Å². The van der Waals surface area contributed by atoms with Crippen molar-refractivity contribution in [1.29, 1.82) is 0 Å². The van der Waals surface area contributed by atoms with Gasteiger partial charge >= 0.3 is 5.97 Å². The number of esters is 1. The summed E-state index contributed by atoms with van der Waals surface area (Å²) in [4.78, 5) is 13.3. The molecule has 0 aromatic heterocycles. The largest absolute Gasteiger partial charge is 1.00 e. The molecule has 0 amide bonds. The highest BCUT2D eigenvalue weighted by Gasteiger charge is 2.53. The summed E-state index contributed by atoms with van der Waals surface area (Å²) in [6, 6.07) is 18.5. The molecule has 4 rings (SSSR count). The minimum atomic E-state index is -1.85. The van der Waals surface area contributed by atoms with Gasteiger partial charge in [-0.1, -0.05) is 60.7 Å². The van der Waals surface area contributed by atoms with Gasteiger partial charge in [-0.15, -0.1) is 0 Å². The Kier molecular flexibility index (Phi) is 6.85. The number of carbonyl (C=O) groups excluding carboxylic acids is 1. The van der Waals surface area contributed by atoms with Gasteiger partial charge in [0.1, 0.15) is 19.3 Å². The van der Waals surface area contributed by atoms with Crippen LogP contribution in [0.25, 0.3) is 0 Å². The van der Waals surface area contributed by atoms with E-state index in [1.54, 1.807) is 48.5 Å². The fraction of sp³-hybridized carbons (Fsp3) is 0.458. The Bertz CT molecular complexity index is 795. The third kappa shape index (κ3) is 3.86. The molecule has 1 N–H and O–H groups in total. The maximum absolute atomic E-state index is 13.3. The van der Waals surface area contributed by atoms with Crippen molar-refractivity contribution in [3.63, 3.8) is 0 Å². The minimum Gasteiger partial charge on any atom is -1.00 e. The van der Waals surface area contributed by atoms with E-state index in [1.165, 1.54) is 0 Å². The number of nitrogens with zero attached hydrogens (tertiary/aromatic N) is 1. The number of rotatable bonds is 6. The van der Waals surface area contributed by atoms with Crippen molar-refractivity contribution >= 4 is 5.97 Å². The van der Waals surface area contributed by atoms with E-state index in [2.05, 4.69) is 7.05 Å². The van der Waals surface area contributed by atoms with Crippen LogP contribution >= 0.6 is 0 Å². The van der Waals surface area contributed by atoms with E-state index in [-0.39, 0.29) is 25.2 Å². The van der Waals surface area contributed by atoms with E-state index in [0.717, 1.165) is 30.2 Å². The van der Waals surface area contributed by atoms with Crippen LogP contribution in [0.15, 0.2) is 60.7 Å². The highest BCUT2D eigenvalue weighted by atomic mass is 35.5. The first-order chi connectivity index (χ1) is 14.0. The zero-order valence-corrected chi connectivity index (χ0v) is 18.0. The number of hydrogen-bond acceptors (Lipinski definition) is 3. The summed E-state index contributed by atoms with van der Waals surface area (Å²) in [6.07, 6.45) is 3.27. The molecule has 2 aliphatic rings. The number of carbonyl (C=O) groups is 1. The van der Waals surface area contributed by atoms with Crippen molar-refractivity contribution in [1.82, 2.24) is 0 Å². The molecule has 2 saturated heterocycles. The van der Waals surface area contributed by atoms with Gasteiger partial charge in [-0.3, -0.25) is 0 Å². The molecule has 6 heteroatoms. The summed E-state index contributed by atoms with van der Waals surface area (Å²) in [5, 5.41) is 11.6. The van der Waals surface area contributed by atoms with Crippen LogP contribution < -0.4 is 12.4 Å². The van der Waals surface area contributed by atoms with E-state index in [4.69, 9.17) is 4.74 Å². The van der Waals surface area contributed by atoms with Crippen molar-refractivity contribution in [3.8, 4) is 0 Å². The maximum atomic E-state index is 13.3. The average Bonchev–Trinajstić information content (AvgIpc) is 2.91. The molecule has 0 unspecified atom stereocenters. The molecule has 0 aliphatic carbocycles. The first kappa shape index (κ1) is 22.7. The molecular weight excluding hydrogens is 405 g/mol. The third-order valence-corrected chi connectivity index (χ3v) is 7.09. The number of halogens is 2. The number of piperidine rings is 1. The lowest BCUT2D eigenvalue weighted by Crippen LogP contribution is -3.00. The standard InChI is InChI=1S/C24H29FNO3.ClH/c1-26(15-14-25)20-12-13-21(26)17-22(16-20)29-23(27)24(28,18-8-4-2-5-9-18)19-10-6-3-7-11-19;/h2-11,20-22,28H,12-17H2,1H3;1H/q+1;/p-1/t20-,21-,22?,26?;/m1./s1. The van der Waals surface area contributed by atoms with Crippen molar-refractivity contribution < 1.29 is 35.9 Å². The molecule has 2 atom stereocenters. The summed E-state index contributed by atoms with van der Waals surface area (Å²) in [7, 11) is 2.13. The number of ether oxygens (including phenoxy) is 1. The van der Waals surface area contributed by atoms with Gasteiger partial charge in [-0.2, -0.15) is 0 Å². The number of hydrogen-bond donors (Lipinski definition) is 1. The van der Waals surface area contributed by atoms with Crippen LogP contribution in [0.5, 0.6) is 0 Å². The fourth-order valence-corrected chi connectivity index (χ4v) is 5.33. The van der Waals surface area contributed by atoms with Crippen molar-refractivity contribution in [2.24, 2.45) is 0 Å². The first-order valence-corrected chi connectivity index (χ1v) is 10.4. The van der Waals surface area contributed by atoms with Gasteiger partial charge < -0.3 is 26.7 Å². The Labute approximate surface area is 183 Å². The van der Waals surface area contributed by atoms with Crippen LogP contribution in [0.1, 0.15) is 36.8 Å². The average molecular weight is 434 g/mol. The molecule has 2 fully saturated rings. The smallest absolute Gasteiger partial charge is 0.347 e. The van der Waals surface area contributed by atoms with E-state index < -0.39 is 11.6 Å². The summed E-state index contributed by atoms with van der Waals surface area (Å²) in [5.74, 6) is -0.638. The van der Waals surface area contributed by atoms with Crippen LogP contribution in [-0.4, -0.2) is 54.0 Å². The highest BCUT2D eigenvalue weighted by Crippen LogP contribution is 2.43. The molecule has 0 radical (unpaired) electrons. The van der Waals surface area contributed by atoms with Crippen LogP contribution in [-0.2, 0) is 15.1 Å². The van der Waals surface area contributed by atoms with Gasteiger partial charge in [-0.25, -0.2) is 9.18 Å². The minimum absolute atomic E-state index is 0. The normalized spacial score (nSPS) is 27.9. The van der Waals surface area contributed by atoms with Crippen LogP contribution in [0.2, 0.25) is 0 Å². The summed E-state index contributed by atoms with van der Waals surface area (Å²) in [5.41, 5.74) is -0.864. The van der Waals surface area contributed by atoms with Crippen LogP contribution in [0.4, 0.5) is 4.39 Å². The molecule has 2 aromatic rings. The number of benzene rings is 2. The Morgan fingerprint density at radius 2 is 1.50 bits per heavy atom. The van der Waals surface area contributed by atoms with Crippen molar-refractivity contribution in [2.45, 2.75) is 49.5 Å². The van der Waals surface area contributed by atoms with Gasteiger partial charge in [0.15, 0.2) is 0 Å². The molecule has 4 nitrogen and oxygen atoms in total. The molecule has 162 valence electrons. The lowest BCUT2D eigenvalue weighted by molar-refractivity contribution is -0.949. The second-order valence-corrected chi connectivity index (χ2v) is 8.59. The molecule has 0 saturated carbocycles. The second kappa shape index (κ2) is 9.04. The molecule has 0 spiro atoms. The van der Waals surface area contributed by atoms with E-state index in [1.807, 2.05) is 12.1 Å². The zero-order valence-electron chi connectivity index (χ0n) is 17.2. The summed E-state index contributed by atoms with van der Waals surface area (Å²) in [6.45, 7) is 0.198. The van der Waals surface area contributed by atoms with E-state index in [9.17, 15) is 14.3 Å². The molecule has 30 heavy (non-hydrogen) atoms. The summed E-state index contributed by atoms with van der Waals surface area (Å²) >= 11 is 0. The van der Waals surface area contributed by atoms with Crippen LogP contribution in [0, 0.1) is 0 Å².